The van der Waals surface area contributed by atoms with Gasteiger partial charge in [-0.15, -0.1) is 35.5 Å². The Morgan fingerprint density at radius 2 is 2.27 bits per heavy atom. The molecule has 33 heavy (non-hydrogen) atoms. The lowest BCUT2D eigenvalue weighted by Crippen LogP contribution is -2.68. The van der Waals surface area contributed by atoms with Crippen LogP contribution in [-0.4, -0.2) is 72.6 Å². The zero-order chi connectivity index (χ0) is 23.8. The van der Waals surface area contributed by atoms with Gasteiger partial charge in [-0.3, -0.25) is 0 Å². The van der Waals surface area contributed by atoms with Crippen molar-refractivity contribution in [2.24, 2.45) is 0 Å². The second-order valence-corrected chi connectivity index (χ2v) is 8.57. The molecule has 4 heterocycles. The van der Waals surface area contributed by atoms with Crippen molar-refractivity contribution in [3.05, 3.63) is 40.7 Å². The maximum atomic E-state index is 11.6. The number of thiazole rings is 1. The van der Waals surface area contributed by atoms with Crippen LogP contribution >= 0.6 is 24.0 Å². The first kappa shape index (κ1) is 23.1. The summed E-state index contributed by atoms with van der Waals surface area (Å²) in [6.07, 6.45) is 4.93. The number of thiol groups is 1. The fraction of sp³-hybridized carbons (Fsp3) is 0.350. The van der Waals surface area contributed by atoms with Gasteiger partial charge in [0.2, 0.25) is 0 Å². The normalized spacial score (nSPS) is 27.1. The Balaban J connectivity index is 2.05. The minimum Gasteiger partial charge on any atom is -0.394 e. The first-order valence-electron chi connectivity index (χ1n) is 9.57. The first-order chi connectivity index (χ1) is 15.9. The summed E-state index contributed by atoms with van der Waals surface area (Å²) in [5.41, 5.74) is 4.57. The zero-order valence-electron chi connectivity index (χ0n) is 17.2. The van der Waals surface area contributed by atoms with Gasteiger partial charge in [-0.05, 0) is 6.07 Å². The fourth-order valence-corrected chi connectivity index (χ4v) is 5.10. The maximum absolute atomic E-state index is 11.6. The van der Waals surface area contributed by atoms with Gasteiger partial charge in [-0.25, -0.2) is 14.6 Å². The lowest BCUT2D eigenvalue weighted by Gasteiger charge is -2.51. The molecule has 1 fully saturated rings. The van der Waals surface area contributed by atoms with Crippen LogP contribution in [0.15, 0.2) is 23.8 Å². The lowest BCUT2D eigenvalue weighted by molar-refractivity contribution is -0.213. The number of hydrogen-bond donors (Lipinski definition) is 4. The quantitative estimate of drug-likeness (QED) is 0.285. The largest absolute Gasteiger partial charge is 0.394 e. The molecule has 13 heteroatoms. The third-order valence-electron chi connectivity index (χ3n) is 5.49. The van der Waals surface area contributed by atoms with Crippen LogP contribution in [0.4, 0.5) is 5.13 Å². The second kappa shape index (κ2) is 9.07. The van der Waals surface area contributed by atoms with Crippen molar-refractivity contribution in [3.63, 3.8) is 0 Å². The number of anilines is 1. The third kappa shape index (κ3) is 3.65. The topological polar surface area (TPSA) is 165 Å². The molecule has 1 saturated heterocycles. The van der Waals surface area contributed by atoms with E-state index in [1.165, 1.54) is 35.5 Å². The summed E-state index contributed by atoms with van der Waals surface area (Å²) in [6.45, 7) is -0.537. The average molecular weight is 486 g/mol. The number of rotatable bonds is 5. The number of hydrogen-bond acceptors (Lipinski definition) is 12. The molecule has 5 atom stereocenters. The van der Waals surface area contributed by atoms with Crippen LogP contribution in [0.25, 0.3) is 11.4 Å². The van der Waals surface area contributed by atoms with Crippen molar-refractivity contribution in [2.75, 3.05) is 19.5 Å². The molecule has 4 rings (SSSR count). The number of pyridine rings is 1. The Kier molecular flexibility index (Phi) is 6.36. The fourth-order valence-electron chi connectivity index (χ4n) is 4.04. The van der Waals surface area contributed by atoms with Crippen LogP contribution in [0.2, 0.25) is 0 Å². The Labute approximate surface area is 198 Å². The molecular weight excluding hydrogens is 466 g/mol. The summed E-state index contributed by atoms with van der Waals surface area (Å²) >= 11 is 5.73. The zero-order valence-corrected chi connectivity index (χ0v) is 18.9. The lowest BCUT2D eigenvalue weighted by atomic mass is 9.74. The molecule has 0 radical (unpaired) electrons. The van der Waals surface area contributed by atoms with E-state index in [2.05, 4.69) is 38.8 Å². The SMILES string of the molecule is C#Cc1cnc(C#N)c([C@@]2(n3cc(-c4csc(N)n4)nn3)[C@H](O)[C@H](CO)O[C@@H](S)[C@@H]2OC)c1. The van der Waals surface area contributed by atoms with Crippen molar-refractivity contribution >= 4 is 29.1 Å². The Morgan fingerprint density at radius 3 is 2.88 bits per heavy atom. The monoisotopic (exact) mass is 485 g/mol. The molecule has 4 N–H and O–H groups in total. The van der Waals surface area contributed by atoms with Gasteiger partial charge < -0.3 is 25.4 Å². The van der Waals surface area contributed by atoms with Crippen LogP contribution < -0.4 is 5.73 Å². The van der Waals surface area contributed by atoms with Gasteiger partial charge in [-0.1, -0.05) is 11.1 Å². The third-order valence-corrected chi connectivity index (χ3v) is 6.56. The molecule has 3 aromatic rings. The summed E-state index contributed by atoms with van der Waals surface area (Å²) in [7, 11) is 1.40. The predicted molar refractivity (Wildman–Crippen MR) is 121 cm³/mol. The van der Waals surface area contributed by atoms with Gasteiger partial charge in [0, 0.05) is 29.8 Å². The van der Waals surface area contributed by atoms with E-state index >= 15 is 0 Å². The number of methoxy groups -OCH3 is 1. The summed E-state index contributed by atoms with van der Waals surface area (Å²) in [5.74, 6) is 2.48. The van der Waals surface area contributed by atoms with Gasteiger partial charge in [0.05, 0.1) is 12.8 Å². The minimum atomic E-state index is -1.65. The smallest absolute Gasteiger partial charge is 0.180 e. The molecule has 0 aliphatic carbocycles. The molecule has 0 aromatic carbocycles. The van der Waals surface area contributed by atoms with Gasteiger partial charge in [0.15, 0.2) is 5.13 Å². The number of nitrogens with zero attached hydrogens (tertiary/aromatic N) is 6. The summed E-state index contributed by atoms with van der Waals surface area (Å²) in [5, 5.41) is 41.8. The second-order valence-electron chi connectivity index (χ2n) is 7.17. The predicted octanol–water partition coefficient (Wildman–Crippen LogP) is -0.00172. The van der Waals surface area contributed by atoms with Crippen molar-refractivity contribution < 1.29 is 19.7 Å². The molecule has 0 saturated carbocycles. The van der Waals surface area contributed by atoms with Gasteiger partial charge in [0.25, 0.3) is 0 Å². The van der Waals surface area contributed by atoms with Crippen molar-refractivity contribution in [1.29, 1.82) is 5.26 Å². The Bertz CT molecular complexity index is 1250. The van der Waals surface area contributed by atoms with Crippen LogP contribution in [0.5, 0.6) is 0 Å². The Morgan fingerprint density at radius 1 is 1.48 bits per heavy atom. The highest BCUT2D eigenvalue weighted by atomic mass is 32.1. The van der Waals surface area contributed by atoms with E-state index in [0.29, 0.717) is 22.1 Å². The van der Waals surface area contributed by atoms with E-state index in [1.807, 2.05) is 6.07 Å². The van der Waals surface area contributed by atoms with Gasteiger partial charge in [-0.2, -0.15) is 5.26 Å². The molecule has 0 unspecified atom stereocenters. The molecule has 0 bridgehead atoms. The van der Waals surface area contributed by atoms with Crippen molar-refractivity contribution in [3.8, 4) is 29.8 Å². The summed E-state index contributed by atoms with van der Waals surface area (Å²) in [4.78, 5) is 8.39. The van der Waals surface area contributed by atoms with E-state index in [1.54, 1.807) is 11.4 Å². The standard InChI is InChI=1S/C20H19N7O4S2/c1-3-10-4-11(12(5-21)23-6-10)20(16(29)15(8-28)31-18(32)17(20)30-2)27-7-13(25-26-27)14-9-33-19(22)24-14/h1,4,6-7,9,15-18,28-29,32H,8H2,2H3,(H2,22,24)/t15-,16+,17-,18-,20+/m0/s1. The molecule has 11 nitrogen and oxygen atoms in total. The van der Waals surface area contributed by atoms with Crippen LogP contribution in [0.1, 0.15) is 16.8 Å². The van der Waals surface area contributed by atoms with E-state index in [4.69, 9.17) is 21.6 Å². The number of aliphatic hydroxyl groups excluding tert-OH is 2. The number of nitrogens with two attached hydrogens (primary N) is 1. The molecule has 1 aliphatic heterocycles. The van der Waals surface area contributed by atoms with E-state index < -0.39 is 35.9 Å². The molecule has 170 valence electrons. The highest BCUT2D eigenvalue weighted by Crippen LogP contribution is 2.45. The van der Waals surface area contributed by atoms with Crippen LogP contribution in [0, 0.1) is 23.7 Å². The van der Waals surface area contributed by atoms with Crippen LogP contribution in [0.3, 0.4) is 0 Å². The average Bonchev–Trinajstić information content (AvgIpc) is 3.49. The van der Waals surface area contributed by atoms with Gasteiger partial charge >= 0.3 is 0 Å². The molecule has 0 spiro atoms. The number of aromatic nitrogens is 5. The van der Waals surface area contributed by atoms with Gasteiger partial charge in [0.1, 0.15) is 52.4 Å². The van der Waals surface area contributed by atoms with E-state index in [0.717, 1.165) is 0 Å². The number of nitriles is 1. The maximum Gasteiger partial charge on any atom is 0.180 e. The highest BCUT2D eigenvalue weighted by molar-refractivity contribution is 7.80. The first-order valence-corrected chi connectivity index (χ1v) is 11.0. The summed E-state index contributed by atoms with van der Waals surface area (Å²) in [6, 6.07) is 3.57. The summed E-state index contributed by atoms with van der Waals surface area (Å²) < 4.78 is 12.8. The van der Waals surface area contributed by atoms with Crippen molar-refractivity contribution in [1.82, 2.24) is 25.0 Å². The van der Waals surface area contributed by atoms with E-state index in [9.17, 15) is 15.5 Å². The van der Waals surface area contributed by atoms with E-state index in [-0.39, 0.29) is 11.3 Å². The van der Waals surface area contributed by atoms with Crippen LogP contribution in [-0.2, 0) is 15.0 Å². The van der Waals surface area contributed by atoms with Crippen molar-refractivity contribution in [2.45, 2.75) is 29.3 Å². The molecule has 1 aliphatic rings. The minimum absolute atomic E-state index is 0.0239. The Hall–Kier alpha value is -3.04. The molecular formula is C20H19N7O4S2. The number of nitrogen functional groups attached to an aromatic ring is 1. The number of aliphatic hydroxyl groups is 2. The molecule has 0 amide bonds. The number of ether oxygens (including phenoxy) is 2. The number of terminal acetylenes is 1. The molecule has 3 aromatic heterocycles. The highest BCUT2D eigenvalue weighted by Gasteiger charge is 2.60.